The number of nitrogens with zero attached hydrogens (tertiary/aromatic N) is 2. The molecule has 6 heteroatoms. The first kappa shape index (κ1) is 16.7. The van der Waals surface area contributed by atoms with Crippen LogP contribution in [0.4, 0.5) is 4.79 Å². The lowest BCUT2D eigenvalue weighted by molar-refractivity contribution is -0.149. The van der Waals surface area contributed by atoms with Crippen molar-refractivity contribution < 1.29 is 19.1 Å². The van der Waals surface area contributed by atoms with Crippen molar-refractivity contribution in [2.45, 2.75) is 12.3 Å². The molecule has 0 spiro atoms. The molecule has 0 radical (unpaired) electrons. The molecule has 0 saturated carbocycles. The van der Waals surface area contributed by atoms with Gasteiger partial charge in [-0.2, -0.15) is 0 Å². The monoisotopic (exact) mass is 338 g/mol. The third-order valence-electron chi connectivity index (χ3n) is 4.45. The molecular weight excluding hydrogens is 320 g/mol. The summed E-state index contributed by atoms with van der Waals surface area (Å²) in [6, 6.07) is 15.4. The molecule has 4 amide bonds. The van der Waals surface area contributed by atoms with Crippen LogP contribution in [0, 0.1) is 0 Å². The molecule has 3 rings (SSSR count). The number of amides is 4. The van der Waals surface area contributed by atoms with Crippen molar-refractivity contribution in [2.24, 2.45) is 0 Å². The minimum atomic E-state index is -1.44. The van der Waals surface area contributed by atoms with Gasteiger partial charge in [0.25, 0.3) is 0 Å². The van der Waals surface area contributed by atoms with Crippen molar-refractivity contribution >= 4 is 17.8 Å². The van der Waals surface area contributed by atoms with E-state index in [4.69, 9.17) is 4.74 Å². The van der Waals surface area contributed by atoms with Crippen LogP contribution in [0.15, 0.2) is 54.6 Å². The maximum atomic E-state index is 12.6. The van der Waals surface area contributed by atoms with Crippen molar-refractivity contribution in [3.63, 3.8) is 0 Å². The van der Waals surface area contributed by atoms with Crippen LogP contribution in [0.25, 0.3) is 0 Å². The van der Waals surface area contributed by atoms with E-state index in [9.17, 15) is 14.4 Å². The van der Waals surface area contributed by atoms with Gasteiger partial charge in [0, 0.05) is 14.1 Å². The summed E-state index contributed by atoms with van der Waals surface area (Å²) in [5.74, 6) is 0.193. The zero-order valence-electron chi connectivity index (χ0n) is 14.2. The Morgan fingerprint density at radius 3 is 1.76 bits per heavy atom. The Labute approximate surface area is 145 Å². The molecule has 6 nitrogen and oxygen atoms in total. The molecule has 1 fully saturated rings. The lowest BCUT2D eigenvalue weighted by atomic mass is 9.78. The zero-order valence-corrected chi connectivity index (χ0v) is 14.2. The van der Waals surface area contributed by atoms with E-state index in [0.29, 0.717) is 17.1 Å². The van der Waals surface area contributed by atoms with Crippen LogP contribution in [0.1, 0.15) is 12.5 Å². The summed E-state index contributed by atoms with van der Waals surface area (Å²) in [6.07, 6.45) is 0. The van der Waals surface area contributed by atoms with Gasteiger partial charge in [0.05, 0.1) is 0 Å². The van der Waals surface area contributed by atoms with Gasteiger partial charge in [-0.15, -0.1) is 0 Å². The molecule has 0 aromatic heterocycles. The normalized spacial score (nSPS) is 17.0. The number of urea groups is 1. The van der Waals surface area contributed by atoms with E-state index in [0.717, 1.165) is 9.80 Å². The number of hydrogen-bond acceptors (Lipinski definition) is 4. The average molecular weight is 338 g/mol. The van der Waals surface area contributed by atoms with Gasteiger partial charge in [-0.25, -0.2) is 4.79 Å². The number of benzene rings is 2. The second-order valence-corrected chi connectivity index (χ2v) is 6.08. The van der Waals surface area contributed by atoms with E-state index in [1.165, 1.54) is 21.0 Å². The lowest BCUT2D eigenvalue weighted by Gasteiger charge is -2.39. The Hall–Kier alpha value is -3.15. The van der Waals surface area contributed by atoms with E-state index in [-0.39, 0.29) is 0 Å². The molecule has 1 aliphatic heterocycles. The van der Waals surface area contributed by atoms with Gasteiger partial charge in [0.1, 0.15) is 11.5 Å². The van der Waals surface area contributed by atoms with Gasteiger partial charge >= 0.3 is 6.03 Å². The van der Waals surface area contributed by atoms with Gasteiger partial charge in [-0.1, -0.05) is 30.3 Å². The van der Waals surface area contributed by atoms with Crippen LogP contribution in [0.5, 0.6) is 11.5 Å². The van der Waals surface area contributed by atoms with Crippen molar-refractivity contribution in [3.05, 3.63) is 60.2 Å². The van der Waals surface area contributed by atoms with Gasteiger partial charge < -0.3 is 4.74 Å². The highest BCUT2D eigenvalue weighted by molar-refractivity contribution is 6.22. The summed E-state index contributed by atoms with van der Waals surface area (Å²) in [6.45, 7) is 1.53. The highest BCUT2D eigenvalue weighted by Gasteiger charge is 2.53. The fourth-order valence-electron chi connectivity index (χ4n) is 2.89. The number of rotatable bonds is 3. The fraction of sp³-hybridized carbons (Fsp3) is 0.211. The predicted molar refractivity (Wildman–Crippen MR) is 91.2 cm³/mol. The molecule has 0 atom stereocenters. The Bertz CT molecular complexity index is 806. The van der Waals surface area contributed by atoms with Crippen LogP contribution < -0.4 is 4.74 Å². The first-order valence-corrected chi connectivity index (χ1v) is 7.79. The van der Waals surface area contributed by atoms with Crippen LogP contribution in [0.2, 0.25) is 0 Å². The molecule has 25 heavy (non-hydrogen) atoms. The van der Waals surface area contributed by atoms with E-state index in [1.807, 2.05) is 30.3 Å². The minimum Gasteiger partial charge on any atom is -0.457 e. The highest BCUT2D eigenvalue weighted by atomic mass is 16.5. The number of hydrogen-bond donors (Lipinski definition) is 0. The van der Waals surface area contributed by atoms with Gasteiger partial charge in [-0.3, -0.25) is 19.4 Å². The molecule has 0 N–H and O–H groups in total. The summed E-state index contributed by atoms with van der Waals surface area (Å²) in [5.41, 5.74) is -0.933. The number of para-hydroxylation sites is 1. The van der Waals surface area contributed by atoms with Crippen LogP contribution in [0.3, 0.4) is 0 Å². The highest BCUT2D eigenvalue weighted by Crippen LogP contribution is 2.33. The molecular formula is C19H18N2O4. The van der Waals surface area contributed by atoms with Gasteiger partial charge in [0.15, 0.2) is 5.41 Å². The van der Waals surface area contributed by atoms with Crippen molar-refractivity contribution in [3.8, 4) is 11.5 Å². The minimum absolute atomic E-state index is 0.508. The third kappa shape index (κ3) is 2.65. The number of likely N-dealkylation sites (N-methyl/N-ethyl adjacent to an activating group) is 2. The number of carbonyl (C=O) groups is 3. The topological polar surface area (TPSA) is 66.9 Å². The molecule has 1 heterocycles. The molecule has 2 aromatic rings. The number of barbiturate groups is 1. The molecule has 1 saturated heterocycles. The third-order valence-corrected chi connectivity index (χ3v) is 4.45. The largest absolute Gasteiger partial charge is 0.457 e. The summed E-state index contributed by atoms with van der Waals surface area (Å²) in [7, 11) is 2.75. The summed E-state index contributed by atoms with van der Waals surface area (Å²) in [4.78, 5) is 39.1. The second kappa shape index (κ2) is 6.05. The Kier molecular flexibility index (Phi) is 4.04. The quantitative estimate of drug-likeness (QED) is 0.807. The molecule has 2 aromatic carbocycles. The standard InChI is InChI=1S/C19H18N2O4/c1-19(16(22)20(2)18(24)21(3)17(19)23)13-9-11-15(12-10-13)25-14-7-5-4-6-8-14/h4-12H,1-3H3. The van der Waals surface area contributed by atoms with E-state index >= 15 is 0 Å². The SMILES string of the molecule is CN1C(=O)N(C)C(=O)C(C)(c2ccc(Oc3ccccc3)cc2)C1=O. The second-order valence-electron chi connectivity index (χ2n) is 6.08. The van der Waals surface area contributed by atoms with Crippen LogP contribution >= 0.6 is 0 Å². The van der Waals surface area contributed by atoms with E-state index < -0.39 is 23.3 Å². The van der Waals surface area contributed by atoms with Crippen molar-refractivity contribution in [1.82, 2.24) is 9.80 Å². The first-order chi connectivity index (χ1) is 11.9. The zero-order chi connectivity index (χ0) is 18.2. The van der Waals surface area contributed by atoms with Crippen LogP contribution in [-0.2, 0) is 15.0 Å². The fourth-order valence-corrected chi connectivity index (χ4v) is 2.89. The smallest absolute Gasteiger partial charge is 0.332 e. The molecule has 128 valence electrons. The molecule has 1 aliphatic rings. The number of ether oxygens (including phenoxy) is 1. The Morgan fingerprint density at radius 2 is 1.24 bits per heavy atom. The number of carbonyl (C=O) groups excluding carboxylic acids is 3. The maximum absolute atomic E-state index is 12.6. The lowest BCUT2D eigenvalue weighted by Crippen LogP contribution is -2.63. The Morgan fingerprint density at radius 1 is 0.760 bits per heavy atom. The summed E-state index contributed by atoms with van der Waals surface area (Å²) < 4.78 is 5.72. The summed E-state index contributed by atoms with van der Waals surface area (Å²) in [5, 5.41) is 0. The first-order valence-electron chi connectivity index (χ1n) is 7.79. The van der Waals surface area contributed by atoms with E-state index in [2.05, 4.69) is 0 Å². The van der Waals surface area contributed by atoms with Crippen LogP contribution in [-0.4, -0.2) is 41.7 Å². The Balaban J connectivity index is 1.91. The average Bonchev–Trinajstić information content (AvgIpc) is 2.64. The van der Waals surface area contributed by atoms with Crippen molar-refractivity contribution in [2.75, 3.05) is 14.1 Å². The maximum Gasteiger partial charge on any atom is 0.332 e. The number of imide groups is 2. The molecule has 0 unspecified atom stereocenters. The van der Waals surface area contributed by atoms with Gasteiger partial charge in [0.2, 0.25) is 11.8 Å². The summed E-state index contributed by atoms with van der Waals surface area (Å²) >= 11 is 0. The van der Waals surface area contributed by atoms with Gasteiger partial charge in [-0.05, 0) is 36.8 Å². The van der Waals surface area contributed by atoms with E-state index in [1.54, 1.807) is 24.3 Å². The predicted octanol–water partition coefficient (Wildman–Crippen LogP) is 2.79. The van der Waals surface area contributed by atoms with Crippen molar-refractivity contribution in [1.29, 1.82) is 0 Å². The molecule has 0 bridgehead atoms. The molecule has 0 aliphatic carbocycles.